The van der Waals surface area contributed by atoms with Crippen LogP contribution in [0.1, 0.15) is 17.3 Å². The summed E-state index contributed by atoms with van der Waals surface area (Å²) < 4.78 is 68.5. The van der Waals surface area contributed by atoms with Gasteiger partial charge in [0.05, 0.1) is 4.90 Å². The van der Waals surface area contributed by atoms with Crippen molar-refractivity contribution in [2.45, 2.75) is 11.1 Å². The lowest BCUT2D eigenvalue weighted by atomic mass is 10.2. The van der Waals surface area contributed by atoms with Crippen LogP contribution in [-0.2, 0) is 16.2 Å². The maximum absolute atomic E-state index is 12.4. The molecule has 1 heterocycles. The van der Waals surface area contributed by atoms with Crippen LogP contribution >= 0.6 is 11.6 Å². The Morgan fingerprint density at radius 3 is 2.21 bits per heavy atom. The Morgan fingerprint density at radius 1 is 1.00 bits per heavy atom. The Balaban J connectivity index is 1.72. The normalized spacial score (nSPS) is 12.4. The Bertz CT molecular complexity index is 1090. The van der Waals surface area contributed by atoms with Gasteiger partial charge in [-0.2, -0.15) is 18.2 Å². The predicted octanol–water partition coefficient (Wildman–Crippen LogP) is 4.71. The molecule has 6 nitrogen and oxygen atoms in total. The van der Waals surface area contributed by atoms with Gasteiger partial charge in [-0.25, -0.2) is 8.42 Å². The molecule has 0 atom stereocenters. The Kier molecular flexibility index (Phi) is 5.43. The zero-order valence-corrected chi connectivity index (χ0v) is 15.4. The minimum atomic E-state index is -4.72. The van der Waals surface area contributed by atoms with E-state index in [0.717, 1.165) is 0 Å². The minimum Gasteiger partial charge on any atom is -0.329 e. The SMILES string of the molecule is O=S(=O)(Nc1ccc(Cl)cc1)c1ccc(C=Cc2noc(C(F)(F)F)n2)cc1. The summed E-state index contributed by atoms with van der Waals surface area (Å²) in [6.45, 7) is 0. The van der Waals surface area contributed by atoms with Crippen molar-refractivity contribution >= 4 is 39.5 Å². The lowest BCUT2D eigenvalue weighted by Gasteiger charge is -2.08. The number of hydrogen-bond donors (Lipinski definition) is 1. The highest BCUT2D eigenvalue weighted by atomic mass is 35.5. The number of halogens is 4. The lowest BCUT2D eigenvalue weighted by Crippen LogP contribution is -2.12. The van der Waals surface area contributed by atoms with Gasteiger partial charge in [-0.05, 0) is 48.0 Å². The fourth-order valence-corrected chi connectivity index (χ4v) is 3.26. The first-order valence-corrected chi connectivity index (χ1v) is 9.47. The van der Waals surface area contributed by atoms with Gasteiger partial charge in [-0.3, -0.25) is 4.72 Å². The third-order valence-electron chi connectivity index (χ3n) is 3.40. The van der Waals surface area contributed by atoms with Gasteiger partial charge in [0.2, 0.25) is 0 Å². The highest BCUT2D eigenvalue weighted by Crippen LogP contribution is 2.27. The molecule has 3 rings (SSSR count). The fourth-order valence-electron chi connectivity index (χ4n) is 2.08. The average Bonchev–Trinajstić information content (AvgIpc) is 3.12. The van der Waals surface area contributed by atoms with Crippen LogP contribution in [0.15, 0.2) is 57.9 Å². The third kappa shape index (κ3) is 4.90. The number of benzene rings is 2. The topological polar surface area (TPSA) is 85.1 Å². The molecule has 0 aliphatic heterocycles. The number of sulfonamides is 1. The highest BCUT2D eigenvalue weighted by Gasteiger charge is 2.38. The van der Waals surface area contributed by atoms with E-state index >= 15 is 0 Å². The van der Waals surface area contributed by atoms with E-state index in [4.69, 9.17) is 11.6 Å². The maximum Gasteiger partial charge on any atom is 0.471 e. The Hall–Kier alpha value is -2.85. The van der Waals surface area contributed by atoms with Gasteiger partial charge in [0, 0.05) is 10.7 Å². The first-order valence-electron chi connectivity index (χ1n) is 7.61. The number of anilines is 1. The van der Waals surface area contributed by atoms with Crippen molar-refractivity contribution in [2.24, 2.45) is 0 Å². The van der Waals surface area contributed by atoms with Crippen molar-refractivity contribution in [2.75, 3.05) is 4.72 Å². The van der Waals surface area contributed by atoms with Gasteiger partial charge in [-0.1, -0.05) is 35.0 Å². The van der Waals surface area contributed by atoms with Crippen molar-refractivity contribution in [1.29, 1.82) is 0 Å². The van der Waals surface area contributed by atoms with Gasteiger partial charge in [0.25, 0.3) is 10.0 Å². The van der Waals surface area contributed by atoms with Crippen LogP contribution in [-0.4, -0.2) is 18.6 Å². The molecule has 0 bridgehead atoms. The second-order valence-corrected chi connectivity index (χ2v) is 7.59. The standard InChI is InChI=1S/C17H11ClF3N3O3S/c18-12-4-6-13(7-5-12)24-28(25,26)14-8-1-11(2-9-14)3-10-15-22-16(27-23-15)17(19,20)21/h1-10,24H. The zero-order valence-electron chi connectivity index (χ0n) is 13.8. The first kappa shape index (κ1) is 19.9. The Morgan fingerprint density at radius 2 is 1.64 bits per heavy atom. The molecule has 0 fully saturated rings. The van der Waals surface area contributed by atoms with Crippen molar-refractivity contribution in [3.63, 3.8) is 0 Å². The molecule has 2 aromatic carbocycles. The number of rotatable bonds is 5. The summed E-state index contributed by atoms with van der Waals surface area (Å²) in [5, 5.41) is 3.67. The molecule has 0 aliphatic rings. The van der Waals surface area contributed by atoms with E-state index in [-0.39, 0.29) is 10.7 Å². The molecule has 11 heteroatoms. The summed E-state index contributed by atoms with van der Waals surface area (Å²) in [6, 6.07) is 11.8. The molecular formula is C17H11ClF3N3O3S. The van der Waals surface area contributed by atoms with E-state index < -0.39 is 22.1 Å². The van der Waals surface area contributed by atoms with Gasteiger partial charge >= 0.3 is 12.1 Å². The van der Waals surface area contributed by atoms with Crippen molar-refractivity contribution in [3.8, 4) is 0 Å². The Labute approximate surface area is 162 Å². The maximum atomic E-state index is 12.4. The summed E-state index contributed by atoms with van der Waals surface area (Å²) in [5.41, 5.74) is 0.884. The van der Waals surface area contributed by atoms with Gasteiger partial charge in [0.15, 0.2) is 5.82 Å². The molecule has 0 aliphatic carbocycles. The number of nitrogens with one attached hydrogen (secondary N) is 1. The van der Waals surface area contributed by atoms with Crippen molar-refractivity contribution < 1.29 is 26.1 Å². The van der Waals surface area contributed by atoms with Crippen LogP contribution in [0.5, 0.6) is 0 Å². The minimum absolute atomic E-state index is 0.0125. The number of hydrogen-bond acceptors (Lipinski definition) is 5. The molecule has 0 unspecified atom stereocenters. The smallest absolute Gasteiger partial charge is 0.329 e. The molecule has 0 amide bonds. The van der Waals surface area contributed by atoms with E-state index in [1.807, 2.05) is 0 Å². The molecule has 0 spiro atoms. The highest BCUT2D eigenvalue weighted by molar-refractivity contribution is 7.92. The summed E-state index contributed by atoms with van der Waals surface area (Å²) in [7, 11) is -3.80. The van der Waals surface area contributed by atoms with E-state index in [1.54, 1.807) is 12.1 Å². The molecule has 28 heavy (non-hydrogen) atoms. The number of alkyl halides is 3. The van der Waals surface area contributed by atoms with Crippen LogP contribution < -0.4 is 4.72 Å². The number of aromatic nitrogens is 2. The van der Waals surface area contributed by atoms with Crippen molar-refractivity contribution in [3.05, 3.63) is 70.8 Å². The van der Waals surface area contributed by atoms with Crippen molar-refractivity contribution in [1.82, 2.24) is 10.1 Å². The molecular weight excluding hydrogens is 419 g/mol. The molecule has 0 saturated carbocycles. The monoisotopic (exact) mass is 429 g/mol. The van der Waals surface area contributed by atoms with E-state index in [0.29, 0.717) is 16.3 Å². The van der Waals surface area contributed by atoms with Crippen LogP contribution in [0.2, 0.25) is 5.02 Å². The lowest BCUT2D eigenvalue weighted by molar-refractivity contribution is -0.159. The molecule has 3 aromatic rings. The molecule has 0 radical (unpaired) electrons. The quantitative estimate of drug-likeness (QED) is 0.634. The summed E-state index contributed by atoms with van der Waals surface area (Å²) in [4.78, 5) is 3.21. The summed E-state index contributed by atoms with van der Waals surface area (Å²) in [5.74, 6) is -1.70. The van der Waals surface area contributed by atoms with Crippen LogP contribution in [0, 0.1) is 0 Å². The first-order chi connectivity index (χ1) is 13.1. The van der Waals surface area contributed by atoms with E-state index in [1.165, 1.54) is 48.6 Å². The summed E-state index contributed by atoms with van der Waals surface area (Å²) >= 11 is 5.76. The van der Waals surface area contributed by atoms with Crippen LogP contribution in [0.25, 0.3) is 12.2 Å². The molecule has 146 valence electrons. The number of nitrogens with zero attached hydrogens (tertiary/aromatic N) is 2. The fraction of sp³-hybridized carbons (Fsp3) is 0.0588. The zero-order chi connectivity index (χ0) is 20.4. The molecule has 1 aromatic heterocycles. The van der Waals surface area contributed by atoms with Crippen LogP contribution in [0.4, 0.5) is 18.9 Å². The summed E-state index contributed by atoms with van der Waals surface area (Å²) in [6.07, 6.45) is -2.07. The molecule has 0 saturated heterocycles. The van der Waals surface area contributed by atoms with E-state index in [2.05, 4.69) is 19.4 Å². The second-order valence-electron chi connectivity index (χ2n) is 5.47. The predicted molar refractivity (Wildman–Crippen MR) is 96.9 cm³/mol. The van der Waals surface area contributed by atoms with E-state index in [9.17, 15) is 21.6 Å². The van der Waals surface area contributed by atoms with Gasteiger partial charge in [-0.15, -0.1) is 0 Å². The largest absolute Gasteiger partial charge is 0.471 e. The molecule has 1 N–H and O–H groups in total. The average molecular weight is 430 g/mol. The van der Waals surface area contributed by atoms with Gasteiger partial charge in [0.1, 0.15) is 0 Å². The third-order valence-corrected chi connectivity index (χ3v) is 5.05. The van der Waals surface area contributed by atoms with Crippen LogP contribution in [0.3, 0.4) is 0 Å². The second kappa shape index (κ2) is 7.64. The van der Waals surface area contributed by atoms with Gasteiger partial charge < -0.3 is 4.52 Å².